The first-order chi connectivity index (χ1) is 8.54. The molecule has 0 rings (SSSR count). The Morgan fingerprint density at radius 3 is 1.61 bits per heavy atom. The Hall–Kier alpha value is -0.163. The zero-order chi connectivity index (χ0) is 14.2. The van der Waals surface area contributed by atoms with Gasteiger partial charge in [-0.15, -0.1) is 6.58 Å². The summed E-state index contributed by atoms with van der Waals surface area (Å²) in [6.07, 6.45) is 0. The minimum Gasteiger partial charge on any atom is -0.380 e. The topological polar surface area (TPSA) is 21.7 Å². The summed E-state index contributed by atoms with van der Waals surface area (Å²) in [5.74, 6) is 0. The number of nitrogens with zero attached hydrogens (tertiary/aromatic N) is 1. The zero-order valence-corrected chi connectivity index (χ0v) is 14.0. The van der Waals surface area contributed by atoms with E-state index in [1.54, 1.807) is 0 Å². The van der Waals surface area contributed by atoms with Crippen LogP contribution in [-0.4, -0.2) is 50.6 Å². The van der Waals surface area contributed by atoms with Crippen molar-refractivity contribution < 1.29 is 9.47 Å². The molecular weight excluding hydrogens is 242 g/mol. The molecule has 0 aliphatic carbocycles. The predicted molar refractivity (Wildman–Crippen MR) is 81.0 cm³/mol. The van der Waals surface area contributed by atoms with Crippen LogP contribution < -0.4 is 0 Å². The Balaban J connectivity index is 5.36. The molecule has 0 spiro atoms. The first-order valence-electron chi connectivity index (χ1n) is 7.16. The summed E-state index contributed by atoms with van der Waals surface area (Å²) in [7, 11) is -1.99. The Morgan fingerprint density at radius 1 is 1.00 bits per heavy atom. The van der Waals surface area contributed by atoms with Crippen molar-refractivity contribution in [1.82, 2.24) is 4.57 Å². The van der Waals surface area contributed by atoms with Crippen LogP contribution in [0.5, 0.6) is 0 Å². The van der Waals surface area contributed by atoms with E-state index in [1.807, 2.05) is 13.8 Å². The van der Waals surface area contributed by atoms with Crippen LogP contribution in [0, 0.1) is 0 Å². The van der Waals surface area contributed by atoms with Crippen LogP contribution in [0.25, 0.3) is 0 Å². The second-order valence-electron chi connectivity index (χ2n) is 4.46. The van der Waals surface area contributed by atoms with Gasteiger partial charge in [0.25, 0.3) is 0 Å². The molecule has 4 heteroatoms. The standard InChI is InChI=1S/C14H31NO2Si/c1-8-15(9-2)18(12-5,13(6)16-10-3)14(7)17-11-4/h12-14H,5,8-11H2,1-4,6-7H3. The van der Waals surface area contributed by atoms with Gasteiger partial charge in [0.15, 0.2) is 0 Å². The summed E-state index contributed by atoms with van der Waals surface area (Å²) in [4.78, 5) is 0. The highest BCUT2D eigenvalue weighted by Gasteiger charge is 2.47. The monoisotopic (exact) mass is 273 g/mol. The summed E-state index contributed by atoms with van der Waals surface area (Å²) >= 11 is 0. The fourth-order valence-electron chi connectivity index (χ4n) is 2.84. The molecular formula is C14H31NO2Si. The molecule has 2 atom stereocenters. The zero-order valence-electron chi connectivity index (χ0n) is 13.0. The quantitative estimate of drug-likeness (QED) is 0.571. The van der Waals surface area contributed by atoms with E-state index in [-0.39, 0.29) is 11.5 Å². The summed E-state index contributed by atoms with van der Waals surface area (Å²) in [5, 5.41) is 0. The molecule has 0 aromatic carbocycles. The van der Waals surface area contributed by atoms with Crippen molar-refractivity contribution in [2.45, 2.75) is 53.0 Å². The van der Waals surface area contributed by atoms with Crippen LogP contribution in [0.1, 0.15) is 41.5 Å². The lowest BCUT2D eigenvalue weighted by Gasteiger charge is -2.46. The molecule has 0 N–H and O–H groups in total. The van der Waals surface area contributed by atoms with E-state index >= 15 is 0 Å². The largest absolute Gasteiger partial charge is 0.380 e. The molecule has 2 unspecified atom stereocenters. The van der Waals surface area contributed by atoms with Crippen molar-refractivity contribution in [2.75, 3.05) is 26.3 Å². The second kappa shape index (κ2) is 8.86. The third-order valence-electron chi connectivity index (χ3n) is 3.77. The van der Waals surface area contributed by atoms with Gasteiger partial charge in [0.2, 0.25) is 8.24 Å². The average Bonchev–Trinajstić information content (AvgIpc) is 2.36. The molecule has 0 fully saturated rings. The van der Waals surface area contributed by atoms with E-state index < -0.39 is 8.24 Å². The van der Waals surface area contributed by atoms with E-state index in [1.165, 1.54) is 0 Å². The first kappa shape index (κ1) is 17.8. The molecule has 0 radical (unpaired) electrons. The Morgan fingerprint density at radius 2 is 1.39 bits per heavy atom. The fourth-order valence-corrected chi connectivity index (χ4v) is 7.42. The molecule has 0 saturated heterocycles. The van der Waals surface area contributed by atoms with Gasteiger partial charge < -0.3 is 14.0 Å². The minimum absolute atomic E-state index is 0.196. The lowest BCUT2D eigenvalue weighted by atomic mass is 10.7. The van der Waals surface area contributed by atoms with Crippen LogP contribution in [0.2, 0.25) is 0 Å². The molecule has 0 aromatic rings. The van der Waals surface area contributed by atoms with Gasteiger partial charge in [-0.2, -0.15) is 0 Å². The van der Waals surface area contributed by atoms with Crippen molar-refractivity contribution >= 4 is 8.24 Å². The molecule has 0 saturated carbocycles. The predicted octanol–water partition coefficient (Wildman–Crippen LogP) is 2.93. The molecule has 0 amide bonds. The molecule has 3 nitrogen and oxygen atoms in total. The van der Waals surface area contributed by atoms with Gasteiger partial charge in [0.05, 0.1) is 11.5 Å². The molecule has 0 aliphatic rings. The van der Waals surface area contributed by atoms with Crippen LogP contribution in [0.4, 0.5) is 0 Å². The van der Waals surface area contributed by atoms with E-state index in [2.05, 4.69) is 44.5 Å². The van der Waals surface area contributed by atoms with Gasteiger partial charge in [0, 0.05) is 13.2 Å². The molecule has 0 aromatic heterocycles. The average molecular weight is 273 g/mol. The lowest BCUT2D eigenvalue weighted by molar-refractivity contribution is 0.0786. The summed E-state index contributed by atoms with van der Waals surface area (Å²) in [6, 6.07) is 0. The van der Waals surface area contributed by atoms with Crippen LogP contribution in [0.15, 0.2) is 12.3 Å². The number of ether oxygens (including phenoxy) is 2. The number of rotatable bonds is 10. The highest BCUT2D eigenvalue weighted by Crippen LogP contribution is 2.25. The van der Waals surface area contributed by atoms with E-state index in [9.17, 15) is 0 Å². The summed E-state index contributed by atoms with van der Waals surface area (Å²) in [5.41, 5.74) is 2.53. The molecule has 0 bridgehead atoms. The number of hydrogen-bond acceptors (Lipinski definition) is 3. The molecule has 108 valence electrons. The SMILES string of the molecule is C=C[Si](C(C)OCC)(C(C)OCC)N(CC)CC. The lowest BCUT2D eigenvalue weighted by Crippen LogP contribution is -2.68. The highest BCUT2D eigenvalue weighted by molar-refractivity contribution is 6.84. The van der Waals surface area contributed by atoms with E-state index in [0.29, 0.717) is 0 Å². The van der Waals surface area contributed by atoms with Crippen molar-refractivity contribution in [3.05, 3.63) is 12.3 Å². The Bertz CT molecular complexity index is 220. The van der Waals surface area contributed by atoms with Crippen LogP contribution >= 0.6 is 0 Å². The van der Waals surface area contributed by atoms with Crippen LogP contribution in [-0.2, 0) is 9.47 Å². The van der Waals surface area contributed by atoms with E-state index in [0.717, 1.165) is 26.3 Å². The third-order valence-corrected chi connectivity index (χ3v) is 9.09. The van der Waals surface area contributed by atoms with Gasteiger partial charge in [-0.3, -0.25) is 0 Å². The third kappa shape index (κ3) is 3.67. The molecule has 0 aliphatic heterocycles. The maximum atomic E-state index is 5.92. The van der Waals surface area contributed by atoms with Gasteiger partial charge >= 0.3 is 0 Å². The summed E-state index contributed by atoms with van der Waals surface area (Å²) in [6.45, 7) is 20.5. The van der Waals surface area contributed by atoms with E-state index in [4.69, 9.17) is 9.47 Å². The maximum Gasteiger partial charge on any atom is 0.211 e. The first-order valence-corrected chi connectivity index (χ1v) is 9.34. The van der Waals surface area contributed by atoms with Crippen molar-refractivity contribution in [3.63, 3.8) is 0 Å². The Labute approximate surface area is 114 Å². The summed E-state index contributed by atoms with van der Waals surface area (Å²) < 4.78 is 14.4. The normalized spacial score (nSPS) is 18.4. The maximum absolute atomic E-state index is 5.92. The van der Waals surface area contributed by atoms with Gasteiger partial charge in [-0.25, -0.2) is 0 Å². The Kier molecular flexibility index (Phi) is 8.78. The van der Waals surface area contributed by atoms with Crippen molar-refractivity contribution in [1.29, 1.82) is 0 Å². The molecule has 0 heterocycles. The smallest absolute Gasteiger partial charge is 0.211 e. The van der Waals surface area contributed by atoms with Gasteiger partial charge in [-0.05, 0) is 40.8 Å². The number of hydrogen-bond donors (Lipinski definition) is 0. The van der Waals surface area contributed by atoms with Crippen molar-refractivity contribution in [3.8, 4) is 0 Å². The molecule has 18 heavy (non-hydrogen) atoms. The van der Waals surface area contributed by atoms with Gasteiger partial charge in [0.1, 0.15) is 0 Å². The second-order valence-corrected chi connectivity index (χ2v) is 8.90. The fraction of sp³-hybridized carbons (Fsp3) is 0.857. The van der Waals surface area contributed by atoms with Gasteiger partial charge in [-0.1, -0.05) is 19.5 Å². The highest BCUT2D eigenvalue weighted by atomic mass is 28.3. The minimum atomic E-state index is -1.99. The van der Waals surface area contributed by atoms with Crippen molar-refractivity contribution in [2.24, 2.45) is 0 Å². The van der Waals surface area contributed by atoms with Crippen LogP contribution in [0.3, 0.4) is 0 Å².